The third-order valence-electron chi connectivity index (χ3n) is 3.55. The summed E-state index contributed by atoms with van der Waals surface area (Å²) in [6, 6.07) is 0.333. The summed E-state index contributed by atoms with van der Waals surface area (Å²) >= 11 is 1.95. The molecule has 2 rings (SSSR count). The van der Waals surface area contributed by atoms with E-state index in [1.54, 1.807) is 0 Å². The Labute approximate surface area is 131 Å². The molecule has 0 saturated carbocycles. The monoisotopic (exact) mass is 310 g/mol. The number of nitrogen functional groups attached to an aromatic ring is 1. The van der Waals surface area contributed by atoms with Gasteiger partial charge in [-0.2, -0.15) is 26.7 Å². The van der Waals surface area contributed by atoms with Crippen LogP contribution in [0.2, 0.25) is 0 Å². The van der Waals surface area contributed by atoms with Crippen LogP contribution < -0.4 is 16.0 Å². The van der Waals surface area contributed by atoms with E-state index in [1.807, 2.05) is 11.8 Å². The van der Waals surface area contributed by atoms with Crippen LogP contribution in [0.4, 0.5) is 17.8 Å². The molecule has 7 heteroatoms. The third kappa shape index (κ3) is 5.22. The van der Waals surface area contributed by atoms with E-state index in [1.165, 1.54) is 19.3 Å². The third-order valence-corrected chi connectivity index (χ3v) is 4.49. The molecular formula is C14H26N6S. The molecule has 0 aliphatic carbocycles. The molecule has 6 nitrogen and oxygen atoms in total. The van der Waals surface area contributed by atoms with Crippen molar-refractivity contribution in [3.05, 3.63) is 0 Å². The van der Waals surface area contributed by atoms with Crippen LogP contribution in [0.1, 0.15) is 39.5 Å². The smallest absolute Gasteiger partial charge is 0.231 e. The molecule has 1 saturated heterocycles. The number of hydrogen-bond acceptors (Lipinski definition) is 7. The van der Waals surface area contributed by atoms with Crippen molar-refractivity contribution >= 4 is 29.6 Å². The highest BCUT2D eigenvalue weighted by molar-refractivity contribution is 7.99. The van der Waals surface area contributed by atoms with Crippen molar-refractivity contribution in [3.8, 4) is 0 Å². The van der Waals surface area contributed by atoms with E-state index in [-0.39, 0.29) is 0 Å². The van der Waals surface area contributed by atoms with Gasteiger partial charge >= 0.3 is 0 Å². The zero-order valence-corrected chi connectivity index (χ0v) is 13.8. The van der Waals surface area contributed by atoms with Crippen LogP contribution in [0.15, 0.2) is 0 Å². The molecule has 1 aromatic heterocycles. The standard InChI is InChI=1S/C14H26N6S/c1-3-21-10-7-11(2)16-13-17-12(15)18-14(19-13)20-8-5-4-6-9-20/h11H,3-10H2,1-2H3,(H3,15,16,17,18,19). The van der Waals surface area contributed by atoms with Crippen molar-refractivity contribution in [3.63, 3.8) is 0 Å². The Balaban J connectivity index is 1.97. The fraction of sp³-hybridized carbons (Fsp3) is 0.786. The van der Waals surface area contributed by atoms with Crippen molar-refractivity contribution < 1.29 is 0 Å². The SMILES string of the molecule is CCSCCC(C)Nc1nc(N)nc(N2CCCCC2)n1. The van der Waals surface area contributed by atoms with E-state index in [2.05, 4.69) is 39.0 Å². The number of anilines is 3. The molecule has 0 bridgehead atoms. The lowest BCUT2D eigenvalue weighted by Gasteiger charge is -2.27. The summed E-state index contributed by atoms with van der Waals surface area (Å²) in [6.45, 7) is 6.34. The van der Waals surface area contributed by atoms with E-state index in [9.17, 15) is 0 Å². The Morgan fingerprint density at radius 2 is 2.00 bits per heavy atom. The second-order valence-electron chi connectivity index (χ2n) is 5.40. The first-order valence-electron chi connectivity index (χ1n) is 7.80. The molecule has 0 amide bonds. The second-order valence-corrected chi connectivity index (χ2v) is 6.79. The number of nitrogens with zero attached hydrogens (tertiary/aromatic N) is 4. The summed E-state index contributed by atoms with van der Waals surface area (Å²) < 4.78 is 0. The van der Waals surface area contributed by atoms with Gasteiger partial charge in [0.15, 0.2) is 0 Å². The number of nitrogens with one attached hydrogen (secondary N) is 1. The highest BCUT2D eigenvalue weighted by atomic mass is 32.2. The predicted molar refractivity (Wildman–Crippen MR) is 91.0 cm³/mol. The van der Waals surface area contributed by atoms with Crippen LogP contribution in [0.25, 0.3) is 0 Å². The normalized spacial score (nSPS) is 16.8. The largest absolute Gasteiger partial charge is 0.368 e. The Bertz CT molecular complexity index is 435. The van der Waals surface area contributed by atoms with Gasteiger partial charge in [-0.25, -0.2) is 0 Å². The Hall–Kier alpha value is -1.24. The summed E-state index contributed by atoms with van der Waals surface area (Å²) in [5.74, 6) is 3.90. The summed E-state index contributed by atoms with van der Waals surface area (Å²) in [5, 5.41) is 3.34. The van der Waals surface area contributed by atoms with E-state index in [0.717, 1.165) is 31.0 Å². The van der Waals surface area contributed by atoms with Crippen LogP contribution in [0.5, 0.6) is 0 Å². The molecule has 3 N–H and O–H groups in total. The van der Waals surface area contributed by atoms with Crippen molar-refractivity contribution in [2.45, 2.75) is 45.6 Å². The van der Waals surface area contributed by atoms with Crippen LogP contribution >= 0.6 is 11.8 Å². The van der Waals surface area contributed by atoms with E-state index >= 15 is 0 Å². The minimum absolute atomic E-state index is 0.295. The number of piperidine rings is 1. The Kier molecular flexibility index (Phi) is 6.35. The lowest BCUT2D eigenvalue weighted by Crippen LogP contribution is -2.32. The molecule has 1 atom stereocenters. The zero-order valence-electron chi connectivity index (χ0n) is 13.0. The van der Waals surface area contributed by atoms with Gasteiger partial charge < -0.3 is 16.0 Å². The molecule has 1 aliphatic rings. The minimum atomic E-state index is 0.295. The first-order valence-corrected chi connectivity index (χ1v) is 8.95. The topological polar surface area (TPSA) is 80.0 Å². The van der Waals surface area contributed by atoms with Crippen LogP contribution in [0, 0.1) is 0 Å². The number of aromatic nitrogens is 3. The molecule has 0 radical (unpaired) electrons. The Morgan fingerprint density at radius 3 is 2.71 bits per heavy atom. The molecule has 0 spiro atoms. The first kappa shape index (κ1) is 16.1. The van der Waals surface area contributed by atoms with Gasteiger partial charge in [0.1, 0.15) is 0 Å². The van der Waals surface area contributed by atoms with Crippen LogP contribution in [-0.2, 0) is 0 Å². The fourth-order valence-electron chi connectivity index (χ4n) is 2.38. The maximum absolute atomic E-state index is 5.83. The molecule has 1 fully saturated rings. The summed E-state index contributed by atoms with van der Waals surface area (Å²) in [5.41, 5.74) is 5.83. The lowest BCUT2D eigenvalue weighted by atomic mass is 10.1. The van der Waals surface area contributed by atoms with E-state index in [4.69, 9.17) is 5.73 Å². The Morgan fingerprint density at radius 1 is 1.24 bits per heavy atom. The fourth-order valence-corrected chi connectivity index (χ4v) is 3.19. The highest BCUT2D eigenvalue weighted by Gasteiger charge is 2.16. The van der Waals surface area contributed by atoms with E-state index < -0.39 is 0 Å². The van der Waals surface area contributed by atoms with Gasteiger partial charge in [0.05, 0.1) is 0 Å². The van der Waals surface area contributed by atoms with Gasteiger partial charge in [0.2, 0.25) is 17.8 Å². The van der Waals surface area contributed by atoms with Gasteiger partial charge in [-0.3, -0.25) is 0 Å². The second kappa shape index (κ2) is 8.26. The van der Waals surface area contributed by atoms with Gasteiger partial charge in [-0.05, 0) is 44.1 Å². The van der Waals surface area contributed by atoms with Crippen molar-refractivity contribution in [1.29, 1.82) is 0 Å². The van der Waals surface area contributed by atoms with E-state index in [0.29, 0.717) is 23.9 Å². The van der Waals surface area contributed by atoms with Gasteiger partial charge in [0.25, 0.3) is 0 Å². The van der Waals surface area contributed by atoms with Crippen LogP contribution in [0.3, 0.4) is 0 Å². The summed E-state index contributed by atoms with van der Waals surface area (Å²) in [6.07, 6.45) is 4.76. The summed E-state index contributed by atoms with van der Waals surface area (Å²) in [4.78, 5) is 15.2. The van der Waals surface area contributed by atoms with Gasteiger partial charge in [0, 0.05) is 19.1 Å². The molecule has 21 heavy (non-hydrogen) atoms. The zero-order chi connectivity index (χ0) is 15.1. The number of rotatable bonds is 7. The summed E-state index contributed by atoms with van der Waals surface area (Å²) in [7, 11) is 0. The van der Waals surface area contributed by atoms with Crippen molar-refractivity contribution in [2.24, 2.45) is 0 Å². The molecular weight excluding hydrogens is 284 g/mol. The quantitative estimate of drug-likeness (QED) is 0.748. The minimum Gasteiger partial charge on any atom is -0.368 e. The maximum Gasteiger partial charge on any atom is 0.231 e. The van der Waals surface area contributed by atoms with Gasteiger partial charge in [-0.15, -0.1) is 0 Å². The van der Waals surface area contributed by atoms with Crippen molar-refractivity contribution in [2.75, 3.05) is 40.5 Å². The maximum atomic E-state index is 5.83. The molecule has 1 unspecified atom stereocenters. The highest BCUT2D eigenvalue weighted by Crippen LogP contribution is 2.18. The molecule has 0 aromatic carbocycles. The van der Waals surface area contributed by atoms with Gasteiger partial charge in [-0.1, -0.05) is 6.92 Å². The number of hydrogen-bond donors (Lipinski definition) is 2. The lowest BCUT2D eigenvalue weighted by molar-refractivity contribution is 0.567. The van der Waals surface area contributed by atoms with Crippen molar-refractivity contribution in [1.82, 2.24) is 15.0 Å². The number of thioether (sulfide) groups is 1. The number of nitrogens with two attached hydrogens (primary N) is 1. The first-order chi connectivity index (χ1) is 10.2. The molecule has 1 aromatic rings. The average molecular weight is 310 g/mol. The average Bonchev–Trinajstić information content (AvgIpc) is 2.48. The molecule has 118 valence electrons. The molecule has 2 heterocycles. The van der Waals surface area contributed by atoms with Crippen LogP contribution in [-0.4, -0.2) is 45.6 Å². The molecule has 1 aliphatic heterocycles. The predicted octanol–water partition coefficient (Wildman–Crippen LogP) is 2.39.